The monoisotopic (exact) mass is 344 g/mol. The number of hydrogen-bond acceptors (Lipinski definition) is 6. The van der Waals surface area contributed by atoms with Crippen molar-refractivity contribution in [3.8, 4) is 0 Å². The number of ether oxygens (including phenoxy) is 1. The summed E-state index contributed by atoms with van der Waals surface area (Å²) in [5.74, 6) is 1.64. The molecule has 0 saturated carbocycles. The van der Waals surface area contributed by atoms with Crippen LogP contribution in [0.1, 0.15) is 28.8 Å². The highest BCUT2D eigenvalue weighted by atomic mass is 16.5. The molecule has 1 atom stereocenters. The second kappa shape index (κ2) is 7.23. The highest BCUT2D eigenvalue weighted by Gasteiger charge is 2.27. The van der Waals surface area contributed by atoms with Gasteiger partial charge in [0.25, 0.3) is 0 Å². The molecule has 7 nitrogen and oxygen atoms in total. The first-order valence-corrected chi connectivity index (χ1v) is 8.41. The molecule has 1 aliphatic heterocycles. The van der Waals surface area contributed by atoms with Crippen molar-refractivity contribution in [2.45, 2.75) is 26.4 Å². The molecule has 1 aliphatic rings. The van der Waals surface area contributed by atoms with E-state index in [1.54, 1.807) is 0 Å². The Labute approximate surface area is 147 Å². The predicted octanol–water partition coefficient (Wildman–Crippen LogP) is 1.90. The summed E-state index contributed by atoms with van der Waals surface area (Å²) in [5, 5.41) is 3.92. The van der Waals surface area contributed by atoms with Crippen LogP contribution in [0.3, 0.4) is 0 Å². The van der Waals surface area contributed by atoms with Gasteiger partial charge in [-0.1, -0.05) is 11.2 Å². The summed E-state index contributed by atoms with van der Waals surface area (Å²) < 4.78 is 11.0. The van der Waals surface area contributed by atoms with Crippen LogP contribution in [0.25, 0.3) is 0 Å². The molecule has 7 heteroatoms. The third kappa shape index (κ3) is 3.82. The van der Waals surface area contributed by atoms with Gasteiger partial charge in [-0.05, 0) is 26.0 Å². The lowest BCUT2D eigenvalue weighted by Gasteiger charge is -2.33. The molecule has 25 heavy (non-hydrogen) atoms. The summed E-state index contributed by atoms with van der Waals surface area (Å²) in [6.07, 6.45) is 0.0984. The predicted molar refractivity (Wildman–Crippen MR) is 93.5 cm³/mol. The van der Waals surface area contributed by atoms with Gasteiger partial charge in [-0.2, -0.15) is 0 Å². The quantitative estimate of drug-likeness (QED) is 0.843. The van der Waals surface area contributed by atoms with Crippen LogP contribution in [0.4, 0.5) is 5.82 Å². The molecule has 3 heterocycles. The molecule has 0 N–H and O–H groups in total. The van der Waals surface area contributed by atoms with Crippen molar-refractivity contribution in [1.29, 1.82) is 0 Å². The average molecular weight is 344 g/mol. The van der Waals surface area contributed by atoms with Gasteiger partial charge in [-0.15, -0.1) is 0 Å². The Kier molecular flexibility index (Phi) is 5.03. The summed E-state index contributed by atoms with van der Waals surface area (Å²) >= 11 is 0. The second-order valence-corrected chi connectivity index (χ2v) is 6.49. The number of aromatic nitrogens is 2. The van der Waals surface area contributed by atoms with E-state index in [4.69, 9.17) is 9.26 Å². The molecule has 1 fully saturated rings. The lowest BCUT2D eigenvalue weighted by atomic mass is 10.1. The van der Waals surface area contributed by atoms with Crippen LogP contribution < -0.4 is 4.90 Å². The van der Waals surface area contributed by atoms with Crippen LogP contribution in [0, 0.1) is 13.8 Å². The fourth-order valence-electron chi connectivity index (χ4n) is 2.94. The van der Waals surface area contributed by atoms with Crippen molar-refractivity contribution in [2.75, 3.05) is 38.7 Å². The average Bonchev–Trinajstić information content (AvgIpc) is 2.94. The first kappa shape index (κ1) is 17.4. The number of pyridine rings is 1. The number of rotatable bonds is 4. The number of hydrogen-bond donors (Lipinski definition) is 0. The van der Waals surface area contributed by atoms with Gasteiger partial charge < -0.3 is 19.1 Å². The number of morpholine rings is 1. The number of amides is 1. The molecule has 2 aromatic heterocycles. The maximum atomic E-state index is 12.7. The zero-order valence-corrected chi connectivity index (χ0v) is 15.2. The van der Waals surface area contributed by atoms with Crippen LogP contribution >= 0.6 is 0 Å². The van der Waals surface area contributed by atoms with Crippen molar-refractivity contribution in [1.82, 2.24) is 15.0 Å². The van der Waals surface area contributed by atoms with Crippen molar-refractivity contribution in [3.63, 3.8) is 0 Å². The van der Waals surface area contributed by atoms with Gasteiger partial charge in [0.1, 0.15) is 17.7 Å². The number of carbonyl (C=O) groups excluding carboxylic acids is 1. The molecular weight excluding hydrogens is 320 g/mol. The fourth-order valence-corrected chi connectivity index (χ4v) is 2.94. The zero-order chi connectivity index (χ0) is 18.0. The minimum Gasteiger partial charge on any atom is -0.368 e. The third-order valence-corrected chi connectivity index (χ3v) is 4.47. The lowest BCUT2D eigenvalue weighted by Crippen LogP contribution is -2.43. The summed E-state index contributed by atoms with van der Waals surface area (Å²) in [4.78, 5) is 21.1. The molecule has 0 unspecified atom stereocenters. The van der Waals surface area contributed by atoms with E-state index in [2.05, 4.69) is 10.1 Å². The van der Waals surface area contributed by atoms with Gasteiger partial charge in [0.15, 0.2) is 0 Å². The molecule has 2 aromatic rings. The van der Waals surface area contributed by atoms with Crippen LogP contribution in [0.15, 0.2) is 22.7 Å². The van der Waals surface area contributed by atoms with Crippen LogP contribution in [-0.4, -0.2) is 54.7 Å². The molecule has 1 saturated heterocycles. The number of aryl methyl sites for hydroxylation is 2. The molecule has 1 amide bonds. The van der Waals surface area contributed by atoms with Crippen LogP contribution in [-0.2, 0) is 16.0 Å². The standard InChI is InChI=1S/C18H24N4O3/c1-12-14(13(2)25-20-12)10-18(23)22-8-9-24-16(11-22)15-6-5-7-17(19-15)21(3)4/h5-7,16H,8-11H2,1-4H3/t16-/m0/s1. The van der Waals surface area contributed by atoms with Crippen molar-refractivity contribution >= 4 is 11.7 Å². The van der Waals surface area contributed by atoms with Gasteiger partial charge >= 0.3 is 0 Å². The smallest absolute Gasteiger partial charge is 0.227 e. The number of nitrogens with zero attached hydrogens (tertiary/aromatic N) is 4. The Morgan fingerprint density at radius 3 is 2.84 bits per heavy atom. The van der Waals surface area contributed by atoms with Gasteiger partial charge in [0.2, 0.25) is 5.91 Å². The van der Waals surface area contributed by atoms with Crippen LogP contribution in [0.5, 0.6) is 0 Å². The van der Waals surface area contributed by atoms with Gasteiger partial charge in [-0.25, -0.2) is 4.98 Å². The molecule has 134 valence electrons. The van der Waals surface area contributed by atoms with Crippen molar-refractivity contribution in [2.24, 2.45) is 0 Å². The Hall–Kier alpha value is -2.41. The largest absolute Gasteiger partial charge is 0.368 e. The van der Waals surface area contributed by atoms with E-state index in [-0.39, 0.29) is 12.0 Å². The maximum Gasteiger partial charge on any atom is 0.227 e. The number of carbonyl (C=O) groups is 1. The molecule has 0 bridgehead atoms. The lowest BCUT2D eigenvalue weighted by molar-refractivity contribution is -0.138. The van der Waals surface area contributed by atoms with Gasteiger partial charge in [0.05, 0.1) is 31.0 Å². The minimum atomic E-state index is -0.206. The fraction of sp³-hybridized carbons (Fsp3) is 0.500. The first-order valence-electron chi connectivity index (χ1n) is 8.41. The van der Waals surface area contributed by atoms with Crippen LogP contribution in [0.2, 0.25) is 0 Å². The van der Waals surface area contributed by atoms with E-state index in [0.29, 0.717) is 31.9 Å². The van der Waals surface area contributed by atoms with Crippen molar-refractivity contribution in [3.05, 3.63) is 40.9 Å². The topological polar surface area (TPSA) is 71.7 Å². The Bertz CT molecular complexity index is 737. The number of anilines is 1. The Balaban J connectivity index is 1.70. The highest BCUT2D eigenvalue weighted by Crippen LogP contribution is 2.23. The summed E-state index contributed by atoms with van der Waals surface area (Å²) in [6, 6.07) is 5.86. The summed E-state index contributed by atoms with van der Waals surface area (Å²) in [5.41, 5.74) is 2.50. The molecular formula is C18H24N4O3. The van der Waals surface area contributed by atoms with E-state index in [0.717, 1.165) is 22.8 Å². The van der Waals surface area contributed by atoms with Crippen molar-refractivity contribution < 1.29 is 14.1 Å². The Morgan fingerprint density at radius 1 is 1.36 bits per heavy atom. The molecule has 3 rings (SSSR count). The van der Waals surface area contributed by atoms with E-state index >= 15 is 0 Å². The molecule has 0 aromatic carbocycles. The molecule has 0 radical (unpaired) electrons. The van der Waals surface area contributed by atoms with Gasteiger partial charge in [-0.3, -0.25) is 4.79 Å². The van der Waals surface area contributed by atoms with E-state index in [1.165, 1.54) is 0 Å². The highest BCUT2D eigenvalue weighted by molar-refractivity contribution is 5.79. The maximum absolute atomic E-state index is 12.7. The normalized spacial score (nSPS) is 17.6. The van der Waals surface area contributed by atoms with E-state index in [9.17, 15) is 4.79 Å². The third-order valence-electron chi connectivity index (χ3n) is 4.47. The molecule has 0 aliphatic carbocycles. The zero-order valence-electron chi connectivity index (χ0n) is 15.2. The minimum absolute atomic E-state index is 0.0615. The SMILES string of the molecule is Cc1noc(C)c1CC(=O)N1CCO[C@H](c2cccc(N(C)C)n2)C1. The van der Waals surface area contributed by atoms with Gasteiger partial charge in [0, 0.05) is 26.2 Å². The van der Waals surface area contributed by atoms with E-state index in [1.807, 2.05) is 55.9 Å². The second-order valence-electron chi connectivity index (χ2n) is 6.49. The summed E-state index contributed by atoms with van der Waals surface area (Å²) in [7, 11) is 3.90. The summed E-state index contributed by atoms with van der Waals surface area (Å²) in [6.45, 7) is 5.29. The molecule has 0 spiro atoms. The Morgan fingerprint density at radius 2 is 2.16 bits per heavy atom. The first-order chi connectivity index (χ1) is 12.0. The van der Waals surface area contributed by atoms with E-state index < -0.39 is 0 Å².